The Bertz CT molecular complexity index is 1040. The number of pyridine rings is 1. The van der Waals surface area contributed by atoms with E-state index in [2.05, 4.69) is 9.97 Å². The Morgan fingerprint density at radius 1 is 1.21 bits per heavy atom. The number of hydrogen-bond acceptors (Lipinski definition) is 4. The summed E-state index contributed by atoms with van der Waals surface area (Å²) in [6, 6.07) is 4.10. The van der Waals surface area contributed by atoms with Crippen LogP contribution in [0.3, 0.4) is 0 Å². The van der Waals surface area contributed by atoms with Crippen molar-refractivity contribution in [2.75, 3.05) is 0 Å². The molecule has 1 atom stereocenters. The lowest BCUT2D eigenvalue weighted by Gasteiger charge is -2.10. The molecule has 0 bridgehead atoms. The van der Waals surface area contributed by atoms with Gasteiger partial charge in [0.25, 0.3) is 5.56 Å². The number of nitrogens with zero attached hydrogens (tertiary/aromatic N) is 3. The predicted octanol–water partition coefficient (Wildman–Crippen LogP) is 3.74. The van der Waals surface area contributed by atoms with Gasteiger partial charge in [0.15, 0.2) is 5.82 Å². The van der Waals surface area contributed by atoms with Gasteiger partial charge in [-0.2, -0.15) is 13.2 Å². The molecular formula is C19H18F4N4O. The Morgan fingerprint density at radius 2 is 1.89 bits per heavy atom. The summed E-state index contributed by atoms with van der Waals surface area (Å²) in [6.07, 6.45) is -0.314. The minimum atomic E-state index is -4.58. The molecule has 3 rings (SSSR count). The molecule has 2 aromatic heterocycles. The van der Waals surface area contributed by atoms with Gasteiger partial charge in [0, 0.05) is 31.2 Å². The van der Waals surface area contributed by atoms with Gasteiger partial charge in [0.2, 0.25) is 0 Å². The van der Waals surface area contributed by atoms with Crippen LogP contribution in [0.4, 0.5) is 17.6 Å². The predicted molar refractivity (Wildman–Crippen MR) is 97.1 cm³/mol. The average molecular weight is 394 g/mol. The van der Waals surface area contributed by atoms with E-state index < -0.39 is 17.6 Å². The van der Waals surface area contributed by atoms with Crippen molar-refractivity contribution in [1.82, 2.24) is 14.5 Å². The molecular weight excluding hydrogens is 376 g/mol. The van der Waals surface area contributed by atoms with Crippen LogP contribution in [-0.4, -0.2) is 20.6 Å². The summed E-state index contributed by atoms with van der Waals surface area (Å²) >= 11 is 0. The summed E-state index contributed by atoms with van der Waals surface area (Å²) in [5.41, 5.74) is 4.26. The molecule has 1 aromatic carbocycles. The molecule has 0 saturated heterocycles. The fourth-order valence-electron chi connectivity index (χ4n) is 2.85. The van der Waals surface area contributed by atoms with Gasteiger partial charge >= 0.3 is 6.18 Å². The first-order valence-corrected chi connectivity index (χ1v) is 8.64. The minimum absolute atomic E-state index is 0.0277. The molecule has 0 saturated carbocycles. The number of nitrogens with two attached hydrogens (primary N) is 1. The number of hydrogen-bond donors (Lipinski definition) is 1. The van der Waals surface area contributed by atoms with Crippen LogP contribution >= 0.6 is 0 Å². The highest BCUT2D eigenvalue weighted by atomic mass is 19.4. The maximum Gasteiger partial charge on any atom is 0.419 e. The standard InChI is InChI=1S/C19H18F4N4O/c1-11(24)3-2-5-27-6-4-12-7-15(16(20)8-14(12)18(27)28)17-25-9-13(10-26-17)19(21,22)23/h4,6-11H,2-3,5,24H2,1H3/t11-/m0/s1. The lowest BCUT2D eigenvalue weighted by atomic mass is 10.1. The Balaban J connectivity index is 1.96. The molecule has 0 spiro atoms. The van der Waals surface area contributed by atoms with Gasteiger partial charge in [0.1, 0.15) is 5.82 Å². The van der Waals surface area contributed by atoms with Gasteiger partial charge in [-0.15, -0.1) is 0 Å². The van der Waals surface area contributed by atoms with Crippen LogP contribution in [0.2, 0.25) is 0 Å². The van der Waals surface area contributed by atoms with Crippen molar-refractivity contribution in [3.8, 4) is 11.4 Å². The largest absolute Gasteiger partial charge is 0.419 e. The molecule has 0 amide bonds. The molecule has 0 aliphatic heterocycles. The Kier molecular flexibility index (Phi) is 5.46. The molecule has 0 fully saturated rings. The number of alkyl halides is 3. The third-order valence-corrected chi connectivity index (χ3v) is 4.34. The van der Waals surface area contributed by atoms with E-state index >= 15 is 0 Å². The third kappa shape index (κ3) is 4.19. The summed E-state index contributed by atoms with van der Waals surface area (Å²) in [7, 11) is 0. The van der Waals surface area contributed by atoms with Crippen LogP contribution in [0.5, 0.6) is 0 Å². The molecule has 2 heterocycles. The normalized spacial score (nSPS) is 13.1. The van der Waals surface area contributed by atoms with Gasteiger partial charge in [-0.25, -0.2) is 14.4 Å². The van der Waals surface area contributed by atoms with Crippen LogP contribution in [-0.2, 0) is 12.7 Å². The molecule has 0 unspecified atom stereocenters. The van der Waals surface area contributed by atoms with E-state index in [-0.39, 0.29) is 28.4 Å². The second-order valence-corrected chi connectivity index (χ2v) is 6.65. The Hall–Kier alpha value is -2.81. The fourth-order valence-corrected chi connectivity index (χ4v) is 2.85. The second-order valence-electron chi connectivity index (χ2n) is 6.65. The Morgan fingerprint density at radius 3 is 2.50 bits per heavy atom. The first-order valence-electron chi connectivity index (χ1n) is 8.64. The number of aromatic nitrogens is 3. The quantitative estimate of drug-likeness (QED) is 0.669. The van der Waals surface area contributed by atoms with Gasteiger partial charge in [-0.3, -0.25) is 4.79 Å². The Labute approximate surface area is 157 Å². The van der Waals surface area contributed by atoms with Gasteiger partial charge < -0.3 is 10.3 Å². The van der Waals surface area contributed by atoms with Crippen LogP contribution < -0.4 is 11.3 Å². The van der Waals surface area contributed by atoms with Crippen LogP contribution in [0.15, 0.2) is 41.6 Å². The number of aryl methyl sites for hydroxylation is 1. The molecule has 3 aromatic rings. The minimum Gasteiger partial charge on any atom is -0.328 e. The van der Waals surface area contributed by atoms with Crippen molar-refractivity contribution in [3.05, 3.63) is 58.5 Å². The zero-order chi connectivity index (χ0) is 20.5. The molecule has 9 heteroatoms. The SMILES string of the molecule is C[C@H](N)CCCn1ccc2cc(-c3ncc(C(F)(F)F)cn3)c(F)cc2c1=O. The number of halogens is 4. The third-order valence-electron chi connectivity index (χ3n) is 4.34. The van der Waals surface area contributed by atoms with Crippen molar-refractivity contribution in [2.24, 2.45) is 5.73 Å². The summed E-state index contributed by atoms with van der Waals surface area (Å²) in [5, 5.41) is 0.629. The molecule has 0 aliphatic rings. The van der Waals surface area contributed by atoms with Crippen molar-refractivity contribution in [3.63, 3.8) is 0 Å². The zero-order valence-corrected chi connectivity index (χ0v) is 15.0. The molecule has 28 heavy (non-hydrogen) atoms. The average Bonchev–Trinajstić information content (AvgIpc) is 2.63. The molecule has 2 N–H and O–H groups in total. The summed E-state index contributed by atoms with van der Waals surface area (Å²) in [4.78, 5) is 19.8. The number of rotatable bonds is 5. The van der Waals surface area contributed by atoms with E-state index in [9.17, 15) is 22.4 Å². The number of fused-ring (bicyclic) bond motifs is 1. The highest BCUT2D eigenvalue weighted by Gasteiger charge is 2.31. The first kappa shape index (κ1) is 19.9. The zero-order valence-electron chi connectivity index (χ0n) is 15.0. The molecule has 5 nitrogen and oxygen atoms in total. The van der Waals surface area contributed by atoms with E-state index in [1.54, 1.807) is 12.3 Å². The van der Waals surface area contributed by atoms with E-state index in [0.29, 0.717) is 30.7 Å². The monoisotopic (exact) mass is 394 g/mol. The highest BCUT2D eigenvalue weighted by molar-refractivity contribution is 5.85. The van der Waals surface area contributed by atoms with Gasteiger partial charge in [0.05, 0.1) is 16.5 Å². The summed E-state index contributed by atoms with van der Waals surface area (Å²) in [6.45, 7) is 2.34. The number of benzene rings is 1. The second kappa shape index (κ2) is 7.67. The fraction of sp³-hybridized carbons (Fsp3) is 0.316. The van der Waals surface area contributed by atoms with Crippen molar-refractivity contribution in [1.29, 1.82) is 0 Å². The van der Waals surface area contributed by atoms with Gasteiger partial charge in [-0.05, 0) is 43.4 Å². The van der Waals surface area contributed by atoms with Crippen LogP contribution in [0, 0.1) is 5.82 Å². The van der Waals surface area contributed by atoms with Crippen molar-refractivity contribution >= 4 is 10.8 Å². The van der Waals surface area contributed by atoms with E-state index in [1.165, 1.54) is 10.6 Å². The topological polar surface area (TPSA) is 73.8 Å². The van der Waals surface area contributed by atoms with E-state index in [0.717, 1.165) is 12.5 Å². The molecule has 0 aliphatic carbocycles. The summed E-state index contributed by atoms with van der Waals surface area (Å²) in [5.74, 6) is -0.966. The van der Waals surface area contributed by atoms with Gasteiger partial charge in [-0.1, -0.05) is 0 Å². The molecule has 0 radical (unpaired) electrons. The lowest BCUT2D eigenvalue weighted by Crippen LogP contribution is -2.21. The highest BCUT2D eigenvalue weighted by Crippen LogP contribution is 2.29. The molecule has 148 valence electrons. The maximum absolute atomic E-state index is 14.5. The van der Waals surface area contributed by atoms with Crippen molar-refractivity contribution in [2.45, 2.75) is 38.5 Å². The smallest absolute Gasteiger partial charge is 0.328 e. The first-order chi connectivity index (χ1) is 13.2. The summed E-state index contributed by atoms with van der Waals surface area (Å²) < 4.78 is 53.9. The van der Waals surface area contributed by atoms with Crippen LogP contribution in [0.1, 0.15) is 25.3 Å². The maximum atomic E-state index is 14.5. The van der Waals surface area contributed by atoms with Crippen molar-refractivity contribution < 1.29 is 17.6 Å². The van der Waals surface area contributed by atoms with Crippen LogP contribution in [0.25, 0.3) is 22.2 Å². The van der Waals surface area contributed by atoms with E-state index in [1.807, 2.05) is 6.92 Å². The lowest BCUT2D eigenvalue weighted by molar-refractivity contribution is -0.138. The van der Waals surface area contributed by atoms with E-state index in [4.69, 9.17) is 5.73 Å².